The van der Waals surface area contributed by atoms with Gasteiger partial charge in [-0.2, -0.15) is 0 Å². The van der Waals surface area contributed by atoms with Gasteiger partial charge in [-0.25, -0.2) is 0 Å². The molecule has 3 heteroatoms. The molecule has 116 valence electrons. The molecule has 0 heterocycles. The van der Waals surface area contributed by atoms with Gasteiger partial charge in [-0.15, -0.1) is 0 Å². The first-order valence-electron chi connectivity index (χ1n) is 7.47. The number of halogens is 1. The van der Waals surface area contributed by atoms with Crippen molar-refractivity contribution in [1.82, 2.24) is 0 Å². The fourth-order valence-electron chi connectivity index (χ4n) is 2.42. The molecule has 2 nitrogen and oxygen atoms in total. The number of hydrogen-bond donors (Lipinski definition) is 1. The van der Waals surface area contributed by atoms with Crippen LogP contribution in [-0.2, 0) is 6.61 Å². The minimum absolute atomic E-state index is 0.540. The summed E-state index contributed by atoms with van der Waals surface area (Å²) in [7, 11) is 0. The van der Waals surface area contributed by atoms with Crippen molar-refractivity contribution in [3.63, 3.8) is 0 Å². The number of rotatable bonds is 4. The number of ether oxygens (including phenoxy) is 1. The number of nitrogens with two attached hydrogens (primary N) is 1. The molecule has 0 fully saturated rings. The van der Waals surface area contributed by atoms with Crippen molar-refractivity contribution in [1.29, 1.82) is 0 Å². The maximum atomic E-state index is 6.44. The summed E-state index contributed by atoms with van der Waals surface area (Å²) in [6.07, 6.45) is 0. The molecule has 3 aromatic rings. The van der Waals surface area contributed by atoms with Crippen molar-refractivity contribution < 1.29 is 4.74 Å². The molecule has 0 unspecified atom stereocenters. The number of hydrogen-bond acceptors (Lipinski definition) is 2. The van der Waals surface area contributed by atoms with E-state index in [1.807, 2.05) is 73.7 Å². The van der Waals surface area contributed by atoms with Crippen molar-refractivity contribution in [3.8, 4) is 16.9 Å². The van der Waals surface area contributed by atoms with E-state index in [0.717, 1.165) is 28.0 Å². The predicted molar refractivity (Wildman–Crippen MR) is 96.8 cm³/mol. The average molecular weight is 324 g/mol. The van der Waals surface area contributed by atoms with Crippen LogP contribution in [0, 0.1) is 6.92 Å². The van der Waals surface area contributed by atoms with E-state index in [1.165, 1.54) is 0 Å². The van der Waals surface area contributed by atoms with E-state index in [9.17, 15) is 0 Å². The minimum atomic E-state index is 0.540. The molecule has 0 radical (unpaired) electrons. The van der Waals surface area contributed by atoms with Gasteiger partial charge in [0.1, 0.15) is 12.4 Å². The third kappa shape index (κ3) is 3.49. The fraction of sp³-hybridized carbons (Fsp3) is 0.100. The summed E-state index contributed by atoms with van der Waals surface area (Å²) in [5.74, 6) is 0.817. The van der Waals surface area contributed by atoms with E-state index in [1.54, 1.807) is 0 Å². The van der Waals surface area contributed by atoms with Gasteiger partial charge in [0.2, 0.25) is 0 Å². The Bertz CT molecular complexity index is 815. The Hall–Kier alpha value is -2.45. The summed E-state index contributed by atoms with van der Waals surface area (Å²) in [6, 6.07) is 21.9. The average Bonchev–Trinajstić information content (AvgIpc) is 2.59. The van der Waals surface area contributed by atoms with Crippen LogP contribution in [0.3, 0.4) is 0 Å². The van der Waals surface area contributed by atoms with Gasteiger partial charge in [-0.05, 0) is 41.8 Å². The molecule has 0 amide bonds. The van der Waals surface area contributed by atoms with Crippen LogP contribution < -0.4 is 10.5 Å². The van der Waals surface area contributed by atoms with Crippen LogP contribution in [0.2, 0.25) is 5.02 Å². The molecule has 0 spiro atoms. The van der Waals surface area contributed by atoms with Gasteiger partial charge < -0.3 is 10.5 Å². The van der Waals surface area contributed by atoms with E-state index in [-0.39, 0.29) is 0 Å². The van der Waals surface area contributed by atoms with Gasteiger partial charge in [-0.3, -0.25) is 0 Å². The SMILES string of the molecule is Cc1c(N)ccc(-c2cccc(OCc3ccccc3)c2)c1Cl. The summed E-state index contributed by atoms with van der Waals surface area (Å²) in [5.41, 5.74) is 10.6. The zero-order valence-corrected chi connectivity index (χ0v) is 13.7. The lowest BCUT2D eigenvalue weighted by atomic mass is 10.0. The highest BCUT2D eigenvalue weighted by atomic mass is 35.5. The molecule has 0 bridgehead atoms. The maximum absolute atomic E-state index is 6.44. The molecule has 0 aliphatic rings. The molecule has 0 aromatic heterocycles. The van der Waals surface area contributed by atoms with Crippen LogP contribution >= 0.6 is 11.6 Å². The standard InChI is InChI=1S/C20H18ClNO/c1-14-19(22)11-10-18(20(14)21)16-8-5-9-17(12-16)23-13-15-6-3-2-4-7-15/h2-12H,13,22H2,1H3. The normalized spacial score (nSPS) is 10.5. The van der Waals surface area contributed by atoms with Crippen molar-refractivity contribution in [2.24, 2.45) is 0 Å². The van der Waals surface area contributed by atoms with Crippen molar-refractivity contribution >= 4 is 17.3 Å². The third-order valence-electron chi connectivity index (χ3n) is 3.82. The third-order valence-corrected chi connectivity index (χ3v) is 4.31. The molecule has 0 saturated carbocycles. The van der Waals surface area contributed by atoms with Crippen molar-refractivity contribution in [2.45, 2.75) is 13.5 Å². The highest BCUT2D eigenvalue weighted by molar-refractivity contribution is 6.34. The summed E-state index contributed by atoms with van der Waals surface area (Å²) >= 11 is 6.44. The molecular weight excluding hydrogens is 306 g/mol. The summed E-state index contributed by atoms with van der Waals surface area (Å²) in [4.78, 5) is 0. The van der Waals surface area contributed by atoms with Crippen molar-refractivity contribution in [2.75, 3.05) is 5.73 Å². The minimum Gasteiger partial charge on any atom is -0.489 e. The van der Waals surface area contributed by atoms with Gasteiger partial charge in [0.15, 0.2) is 0 Å². The monoisotopic (exact) mass is 323 g/mol. The molecule has 3 rings (SSSR count). The van der Waals surface area contributed by atoms with Crippen LogP contribution in [0.15, 0.2) is 66.7 Å². The molecule has 0 atom stereocenters. The summed E-state index contributed by atoms with van der Waals surface area (Å²) < 4.78 is 5.88. The Morgan fingerprint density at radius 3 is 2.52 bits per heavy atom. The lowest BCUT2D eigenvalue weighted by molar-refractivity contribution is 0.306. The summed E-state index contributed by atoms with van der Waals surface area (Å²) in [5, 5.41) is 0.685. The van der Waals surface area contributed by atoms with Crippen LogP contribution in [-0.4, -0.2) is 0 Å². The predicted octanol–water partition coefficient (Wildman–Crippen LogP) is 5.48. The van der Waals surface area contributed by atoms with Crippen LogP contribution in [0.25, 0.3) is 11.1 Å². The highest BCUT2D eigenvalue weighted by Gasteiger charge is 2.09. The molecule has 0 aliphatic heterocycles. The van der Waals surface area contributed by atoms with Crippen LogP contribution in [0.5, 0.6) is 5.75 Å². The fourth-order valence-corrected chi connectivity index (χ4v) is 2.70. The quantitative estimate of drug-likeness (QED) is 0.645. The molecule has 23 heavy (non-hydrogen) atoms. The second kappa shape index (κ2) is 6.76. The second-order valence-corrected chi connectivity index (χ2v) is 5.82. The van der Waals surface area contributed by atoms with Gasteiger partial charge in [-0.1, -0.05) is 60.1 Å². The number of benzene rings is 3. The maximum Gasteiger partial charge on any atom is 0.120 e. The molecule has 2 N–H and O–H groups in total. The van der Waals surface area contributed by atoms with Crippen LogP contribution in [0.1, 0.15) is 11.1 Å². The van der Waals surface area contributed by atoms with Gasteiger partial charge in [0.25, 0.3) is 0 Å². The van der Waals surface area contributed by atoms with E-state index < -0.39 is 0 Å². The van der Waals surface area contributed by atoms with Gasteiger partial charge in [0.05, 0.1) is 5.02 Å². The first-order chi connectivity index (χ1) is 11.1. The molecule has 0 aliphatic carbocycles. The van der Waals surface area contributed by atoms with E-state index >= 15 is 0 Å². The Kier molecular flexibility index (Phi) is 4.54. The Morgan fingerprint density at radius 2 is 1.74 bits per heavy atom. The first-order valence-corrected chi connectivity index (χ1v) is 7.84. The summed E-state index contributed by atoms with van der Waals surface area (Å²) in [6.45, 7) is 2.47. The lowest BCUT2D eigenvalue weighted by Gasteiger charge is -2.11. The zero-order chi connectivity index (χ0) is 16.2. The lowest BCUT2D eigenvalue weighted by Crippen LogP contribution is -1.95. The Morgan fingerprint density at radius 1 is 0.957 bits per heavy atom. The molecule has 0 saturated heterocycles. The molecular formula is C20H18ClNO. The van der Waals surface area contributed by atoms with Gasteiger partial charge in [0, 0.05) is 11.3 Å². The van der Waals surface area contributed by atoms with Gasteiger partial charge >= 0.3 is 0 Å². The van der Waals surface area contributed by atoms with E-state index in [4.69, 9.17) is 22.1 Å². The smallest absolute Gasteiger partial charge is 0.120 e. The van der Waals surface area contributed by atoms with E-state index in [2.05, 4.69) is 0 Å². The first kappa shape index (κ1) is 15.4. The topological polar surface area (TPSA) is 35.2 Å². The number of nitrogen functional groups attached to an aromatic ring is 1. The number of anilines is 1. The Balaban J connectivity index is 1.84. The molecule has 3 aromatic carbocycles. The second-order valence-electron chi connectivity index (χ2n) is 5.44. The van der Waals surface area contributed by atoms with E-state index in [0.29, 0.717) is 17.3 Å². The highest BCUT2D eigenvalue weighted by Crippen LogP contribution is 2.34. The zero-order valence-electron chi connectivity index (χ0n) is 12.9. The Labute approximate surface area is 141 Å². The van der Waals surface area contributed by atoms with Crippen LogP contribution in [0.4, 0.5) is 5.69 Å². The largest absolute Gasteiger partial charge is 0.489 e. The van der Waals surface area contributed by atoms with Crippen molar-refractivity contribution in [3.05, 3.63) is 82.9 Å².